The maximum absolute atomic E-state index is 5.67. The van der Waals surface area contributed by atoms with E-state index in [9.17, 15) is 0 Å². The molecule has 0 unspecified atom stereocenters. The molecule has 0 aliphatic rings. The number of para-hydroxylation sites is 2. The average molecular weight is 356 g/mol. The first kappa shape index (κ1) is 20.3. The Bertz CT molecular complexity index is 626. The van der Waals surface area contributed by atoms with E-state index in [-0.39, 0.29) is 5.92 Å². The largest absolute Gasteiger partial charge is 0.496 e. The number of methoxy groups -OCH3 is 2. The van der Waals surface area contributed by atoms with Crippen molar-refractivity contribution in [1.29, 1.82) is 0 Å². The van der Waals surface area contributed by atoms with Gasteiger partial charge in [0.1, 0.15) is 11.5 Å². The van der Waals surface area contributed by atoms with Crippen LogP contribution in [0.25, 0.3) is 0 Å². The fraction of sp³-hybridized carbons (Fsp3) is 0.478. The van der Waals surface area contributed by atoms with Crippen LogP contribution in [0.4, 0.5) is 0 Å². The highest BCUT2D eigenvalue weighted by Gasteiger charge is 2.23. The molecule has 0 amide bonds. The molecule has 3 nitrogen and oxygen atoms in total. The van der Waals surface area contributed by atoms with Gasteiger partial charge in [0, 0.05) is 29.1 Å². The van der Waals surface area contributed by atoms with E-state index in [0.717, 1.165) is 24.5 Å². The molecule has 2 rings (SSSR count). The third-order valence-corrected chi connectivity index (χ3v) is 5.03. The second kappa shape index (κ2) is 9.63. The van der Waals surface area contributed by atoms with Crippen LogP contribution in [0, 0.1) is 0 Å². The van der Waals surface area contributed by atoms with Crippen molar-refractivity contribution in [1.82, 2.24) is 4.90 Å². The van der Waals surface area contributed by atoms with E-state index in [4.69, 9.17) is 9.47 Å². The monoisotopic (exact) mass is 355 g/mol. The Labute approximate surface area is 158 Å². The van der Waals surface area contributed by atoms with Gasteiger partial charge in [0.25, 0.3) is 0 Å². The molecule has 0 N–H and O–H groups in total. The van der Waals surface area contributed by atoms with E-state index in [2.05, 4.69) is 56.9 Å². The summed E-state index contributed by atoms with van der Waals surface area (Å²) in [5, 5.41) is 0. The first-order valence-electron chi connectivity index (χ1n) is 9.51. The van der Waals surface area contributed by atoms with Gasteiger partial charge in [0.2, 0.25) is 0 Å². The van der Waals surface area contributed by atoms with Crippen molar-refractivity contribution in [3.05, 3.63) is 59.7 Å². The second-order valence-corrected chi connectivity index (χ2v) is 7.25. The Balaban J connectivity index is 2.42. The standard InChI is InChI=1S/C23H33NO2/c1-17(2)24(18(3)4)16-15-19(20-11-7-9-13-22(20)25-5)21-12-8-10-14-23(21)26-6/h7-14,17-19H,15-16H2,1-6H3. The van der Waals surface area contributed by atoms with E-state index >= 15 is 0 Å². The van der Waals surface area contributed by atoms with Crippen molar-refractivity contribution in [3.63, 3.8) is 0 Å². The molecule has 0 heterocycles. The van der Waals surface area contributed by atoms with Gasteiger partial charge in [-0.05, 0) is 52.8 Å². The van der Waals surface area contributed by atoms with E-state index < -0.39 is 0 Å². The van der Waals surface area contributed by atoms with Gasteiger partial charge in [-0.3, -0.25) is 4.90 Å². The fourth-order valence-corrected chi connectivity index (χ4v) is 3.78. The highest BCUT2D eigenvalue weighted by atomic mass is 16.5. The summed E-state index contributed by atoms with van der Waals surface area (Å²) >= 11 is 0. The molecule has 3 heteroatoms. The molecule has 26 heavy (non-hydrogen) atoms. The minimum absolute atomic E-state index is 0.224. The number of hydrogen-bond donors (Lipinski definition) is 0. The first-order valence-corrected chi connectivity index (χ1v) is 9.51. The van der Waals surface area contributed by atoms with Gasteiger partial charge >= 0.3 is 0 Å². The van der Waals surface area contributed by atoms with Crippen LogP contribution in [-0.4, -0.2) is 37.7 Å². The summed E-state index contributed by atoms with van der Waals surface area (Å²) in [6.07, 6.45) is 1.01. The number of benzene rings is 2. The Kier molecular flexibility index (Phi) is 7.52. The lowest BCUT2D eigenvalue weighted by Crippen LogP contribution is -2.38. The van der Waals surface area contributed by atoms with Gasteiger partial charge in [0.05, 0.1) is 14.2 Å². The number of ether oxygens (including phenoxy) is 2. The van der Waals surface area contributed by atoms with Gasteiger partial charge < -0.3 is 9.47 Å². The van der Waals surface area contributed by atoms with E-state index in [1.54, 1.807) is 14.2 Å². The summed E-state index contributed by atoms with van der Waals surface area (Å²) < 4.78 is 11.3. The molecule has 0 atom stereocenters. The molecular formula is C23H33NO2. The molecular weight excluding hydrogens is 322 g/mol. The molecule has 0 saturated heterocycles. The third-order valence-electron chi connectivity index (χ3n) is 5.03. The summed E-state index contributed by atoms with van der Waals surface area (Å²) in [4.78, 5) is 2.54. The Morgan fingerprint density at radius 2 is 1.15 bits per heavy atom. The fourth-order valence-electron chi connectivity index (χ4n) is 3.78. The van der Waals surface area contributed by atoms with Gasteiger partial charge in [-0.25, -0.2) is 0 Å². The van der Waals surface area contributed by atoms with Crippen LogP contribution < -0.4 is 9.47 Å². The van der Waals surface area contributed by atoms with Crippen molar-refractivity contribution in [2.45, 2.75) is 52.1 Å². The van der Waals surface area contributed by atoms with Crippen LogP contribution in [0.3, 0.4) is 0 Å². The quantitative estimate of drug-likeness (QED) is 0.605. The molecule has 2 aromatic carbocycles. The normalized spacial score (nSPS) is 11.6. The Hall–Kier alpha value is -2.00. The molecule has 0 aromatic heterocycles. The van der Waals surface area contributed by atoms with E-state index in [1.807, 2.05) is 24.3 Å². The SMILES string of the molecule is COc1ccccc1C(CCN(C(C)C)C(C)C)c1ccccc1OC. The predicted octanol–water partition coefficient (Wildman–Crippen LogP) is 5.34. The van der Waals surface area contributed by atoms with E-state index in [0.29, 0.717) is 12.1 Å². The minimum Gasteiger partial charge on any atom is -0.496 e. The molecule has 0 fully saturated rings. The molecule has 0 spiro atoms. The number of rotatable bonds is 9. The lowest BCUT2D eigenvalue weighted by atomic mass is 9.87. The van der Waals surface area contributed by atoms with E-state index in [1.165, 1.54) is 11.1 Å². The molecule has 0 saturated carbocycles. The zero-order valence-electron chi connectivity index (χ0n) is 17.0. The highest BCUT2D eigenvalue weighted by Crippen LogP contribution is 2.38. The van der Waals surface area contributed by atoms with Crippen molar-refractivity contribution in [3.8, 4) is 11.5 Å². The van der Waals surface area contributed by atoms with Crippen molar-refractivity contribution in [2.24, 2.45) is 0 Å². The van der Waals surface area contributed by atoms with Crippen LogP contribution in [0.2, 0.25) is 0 Å². The van der Waals surface area contributed by atoms with Crippen LogP contribution >= 0.6 is 0 Å². The maximum Gasteiger partial charge on any atom is 0.122 e. The topological polar surface area (TPSA) is 21.7 Å². The summed E-state index contributed by atoms with van der Waals surface area (Å²) in [6, 6.07) is 17.7. The van der Waals surface area contributed by atoms with Crippen molar-refractivity contribution >= 4 is 0 Å². The van der Waals surface area contributed by atoms with Crippen LogP contribution in [0.5, 0.6) is 11.5 Å². The lowest BCUT2D eigenvalue weighted by Gasteiger charge is -2.32. The summed E-state index contributed by atoms with van der Waals surface area (Å²) in [7, 11) is 3.49. The van der Waals surface area contributed by atoms with Crippen LogP contribution in [0.15, 0.2) is 48.5 Å². The molecule has 2 aromatic rings. The van der Waals surface area contributed by atoms with Crippen molar-refractivity contribution in [2.75, 3.05) is 20.8 Å². The smallest absolute Gasteiger partial charge is 0.122 e. The maximum atomic E-state index is 5.67. The van der Waals surface area contributed by atoms with Gasteiger partial charge in [0.15, 0.2) is 0 Å². The molecule has 0 bridgehead atoms. The summed E-state index contributed by atoms with van der Waals surface area (Å²) in [5.74, 6) is 2.09. The first-order chi connectivity index (χ1) is 12.5. The Morgan fingerprint density at radius 3 is 1.54 bits per heavy atom. The average Bonchev–Trinajstić information content (AvgIpc) is 2.64. The van der Waals surface area contributed by atoms with Gasteiger partial charge in [-0.1, -0.05) is 36.4 Å². The zero-order chi connectivity index (χ0) is 19.1. The zero-order valence-corrected chi connectivity index (χ0v) is 17.0. The van der Waals surface area contributed by atoms with Crippen LogP contribution in [0.1, 0.15) is 51.2 Å². The third kappa shape index (κ3) is 4.79. The minimum atomic E-state index is 0.224. The van der Waals surface area contributed by atoms with Gasteiger partial charge in [-0.2, -0.15) is 0 Å². The molecule has 142 valence electrons. The second-order valence-electron chi connectivity index (χ2n) is 7.25. The molecule has 0 aliphatic heterocycles. The number of hydrogen-bond acceptors (Lipinski definition) is 3. The lowest BCUT2D eigenvalue weighted by molar-refractivity contribution is 0.170. The summed E-state index contributed by atoms with van der Waals surface area (Å²) in [5.41, 5.74) is 2.43. The Morgan fingerprint density at radius 1 is 0.731 bits per heavy atom. The van der Waals surface area contributed by atoms with Crippen LogP contribution in [-0.2, 0) is 0 Å². The summed E-state index contributed by atoms with van der Waals surface area (Å²) in [6.45, 7) is 10.1. The van der Waals surface area contributed by atoms with Gasteiger partial charge in [-0.15, -0.1) is 0 Å². The van der Waals surface area contributed by atoms with Crippen molar-refractivity contribution < 1.29 is 9.47 Å². The predicted molar refractivity (Wildman–Crippen MR) is 109 cm³/mol. The number of nitrogens with zero attached hydrogens (tertiary/aromatic N) is 1. The highest BCUT2D eigenvalue weighted by molar-refractivity contribution is 5.47. The molecule has 0 radical (unpaired) electrons. The molecule has 0 aliphatic carbocycles.